The molecule has 3 heteroatoms. The normalized spacial score (nSPS) is 17.9. The van der Waals surface area contributed by atoms with E-state index in [1.165, 1.54) is 31.5 Å². The molecule has 1 aromatic heterocycles. The molecule has 18 heavy (non-hydrogen) atoms. The number of likely N-dealkylation sites (tertiary alicyclic amines) is 1. The van der Waals surface area contributed by atoms with Gasteiger partial charge in [0.2, 0.25) is 0 Å². The van der Waals surface area contributed by atoms with Crippen LogP contribution in [-0.4, -0.2) is 29.5 Å². The largest absolute Gasteiger partial charge is 0.370 e. The van der Waals surface area contributed by atoms with Crippen molar-refractivity contribution in [3.8, 4) is 0 Å². The number of hydrogen-bond donors (Lipinski definition) is 1. The minimum absolute atomic E-state index is 0.903. The SMILES string of the molecule is CCCNc1cc(CN2CCC(C)CC2)ccn1. The maximum atomic E-state index is 4.35. The Morgan fingerprint density at radius 1 is 1.39 bits per heavy atom. The highest BCUT2D eigenvalue weighted by Crippen LogP contribution is 2.18. The van der Waals surface area contributed by atoms with Gasteiger partial charge in [0, 0.05) is 19.3 Å². The molecule has 100 valence electrons. The van der Waals surface area contributed by atoms with Crippen LogP contribution < -0.4 is 5.32 Å². The van der Waals surface area contributed by atoms with Crippen molar-refractivity contribution < 1.29 is 0 Å². The molecule has 0 amide bonds. The van der Waals surface area contributed by atoms with E-state index in [0.717, 1.165) is 31.2 Å². The van der Waals surface area contributed by atoms with E-state index >= 15 is 0 Å². The summed E-state index contributed by atoms with van der Waals surface area (Å²) in [6.45, 7) is 9.07. The number of piperidine rings is 1. The van der Waals surface area contributed by atoms with Crippen molar-refractivity contribution in [2.45, 2.75) is 39.7 Å². The summed E-state index contributed by atoms with van der Waals surface area (Å²) in [6, 6.07) is 4.32. The third kappa shape index (κ3) is 3.98. The van der Waals surface area contributed by atoms with E-state index in [1.54, 1.807) is 0 Å². The van der Waals surface area contributed by atoms with Crippen molar-refractivity contribution in [2.24, 2.45) is 5.92 Å². The number of nitrogens with one attached hydrogen (secondary N) is 1. The molecule has 0 saturated carbocycles. The molecule has 1 saturated heterocycles. The minimum Gasteiger partial charge on any atom is -0.370 e. The summed E-state index contributed by atoms with van der Waals surface area (Å²) in [5.74, 6) is 1.92. The Bertz CT molecular complexity index is 357. The molecule has 1 aliphatic heterocycles. The van der Waals surface area contributed by atoms with Crippen LogP contribution in [0.25, 0.3) is 0 Å². The Balaban J connectivity index is 1.88. The van der Waals surface area contributed by atoms with Crippen LogP contribution in [0.15, 0.2) is 18.3 Å². The van der Waals surface area contributed by atoms with Crippen molar-refractivity contribution in [1.29, 1.82) is 0 Å². The van der Waals surface area contributed by atoms with Crippen molar-refractivity contribution in [1.82, 2.24) is 9.88 Å². The number of pyridine rings is 1. The molecule has 1 fully saturated rings. The summed E-state index contributed by atoms with van der Waals surface area (Å²) < 4.78 is 0. The molecule has 0 aromatic carbocycles. The van der Waals surface area contributed by atoms with E-state index in [-0.39, 0.29) is 0 Å². The molecule has 1 aromatic rings. The van der Waals surface area contributed by atoms with E-state index in [9.17, 15) is 0 Å². The number of nitrogens with zero attached hydrogens (tertiary/aromatic N) is 2. The number of hydrogen-bond acceptors (Lipinski definition) is 3. The average Bonchev–Trinajstić information content (AvgIpc) is 2.40. The van der Waals surface area contributed by atoms with Gasteiger partial charge in [-0.15, -0.1) is 0 Å². The maximum Gasteiger partial charge on any atom is 0.126 e. The summed E-state index contributed by atoms with van der Waals surface area (Å²) in [4.78, 5) is 6.91. The molecule has 0 spiro atoms. The maximum absolute atomic E-state index is 4.35. The number of aromatic nitrogens is 1. The van der Waals surface area contributed by atoms with Gasteiger partial charge in [-0.1, -0.05) is 13.8 Å². The average molecular weight is 247 g/mol. The van der Waals surface area contributed by atoms with Crippen LogP contribution in [-0.2, 0) is 6.54 Å². The smallest absolute Gasteiger partial charge is 0.126 e. The summed E-state index contributed by atoms with van der Waals surface area (Å²) in [5.41, 5.74) is 1.37. The molecule has 2 rings (SSSR count). The van der Waals surface area contributed by atoms with Crippen molar-refractivity contribution in [3.05, 3.63) is 23.9 Å². The number of rotatable bonds is 5. The quantitative estimate of drug-likeness (QED) is 0.866. The van der Waals surface area contributed by atoms with E-state index in [1.807, 2.05) is 6.20 Å². The van der Waals surface area contributed by atoms with Crippen molar-refractivity contribution in [2.75, 3.05) is 25.0 Å². The van der Waals surface area contributed by atoms with Crippen LogP contribution in [0.2, 0.25) is 0 Å². The second-order valence-corrected chi connectivity index (χ2v) is 5.43. The fourth-order valence-corrected chi connectivity index (χ4v) is 2.40. The van der Waals surface area contributed by atoms with Gasteiger partial charge in [-0.2, -0.15) is 0 Å². The zero-order valence-electron chi connectivity index (χ0n) is 11.7. The van der Waals surface area contributed by atoms with Gasteiger partial charge in [0.15, 0.2) is 0 Å². The van der Waals surface area contributed by atoms with Crippen LogP contribution in [0.1, 0.15) is 38.7 Å². The summed E-state index contributed by atoms with van der Waals surface area (Å²) in [7, 11) is 0. The molecular formula is C15H25N3. The molecular weight excluding hydrogens is 222 g/mol. The van der Waals surface area contributed by atoms with Gasteiger partial charge in [-0.25, -0.2) is 4.98 Å². The van der Waals surface area contributed by atoms with Crippen molar-refractivity contribution in [3.63, 3.8) is 0 Å². The summed E-state index contributed by atoms with van der Waals surface area (Å²) >= 11 is 0. The molecule has 0 aliphatic carbocycles. The molecule has 2 heterocycles. The predicted molar refractivity (Wildman–Crippen MR) is 76.7 cm³/mol. The lowest BCUT2D eigenvalue weighted by Crippen LogP contribution is -2.32. The third-order valence-corrected chi connectivity index (χ3v) is 3.66. The Kier molecular flexibility index (Phi) is 5.00. The fourth-order valence-electron chi connectivity index (χ4n) is 2.40. The zero-order chi connectivity index (χ0) is 12.8. The van der Waals surface area contributed by atoms with E-state index in [4.69, 9.17) is 0 Å². The van der Waals surface area contributed by atoms with Crippen LogP contribution in [0.4, 0.5) is 5.82 Å². The standard InChI is InChI=1S/C15H25N3/c1-3-7-16-15-11-14(4-8-17-15)12-18-9-5-13(2)6-10-18/h4,8,11,13H,3,5-7,9-10,12H2,1-2H3,(H,16,17). The lowest BCUT2D eigenvalue weighted by molar-refractivity contribution is 0.185. The second kappa shape index (κ2) is 6.74. The predicted octanol–water partition coefficient (Wildman–Crippen LogP) is 3.14. The molecule has 0 atom stereocenters. The first-order valence-electron chi connectivity index (χ1n) is 7.19. The molecule has 1 aliphatic rings. The highest BCUT2D eigenvalue weighted by atomic mass is 15.1. The van der Waals surface area contributed by atoms with Gasteiger partial charge >= 0.3 is 0 Å². The van der Waals surface area contributed by atoms with Gasteiger partial charge in [-0.3, -0.25) is 4.90 Å². The first-order valence-corrected chi connectivity index (χ1v) is 7.19. The minimum atomic E-state index is 0.903. The third-order valence-electron chi connectivity index (χ3n) is 3.66. The highest BCUT2D eigenvalue weighted by molar-refractivity contribution is 5.37. The Morgan fingerprint density at radius 2 is 2.17 bits per heavy atom. The van der Waals surface area contributed by atoms with Crippen LogP contribution in [0, 0.1) is 5.92 Å². The van der Waals surface area contributed by atoms with E-state index < -0.39 is 0 Å². The fraction of sp³-hybridized carbons (Fsp3) is 0.667. The van der Waals surface area contributed by atoms with Crippen LogP contribution in [0.5, 0.6) is 0 Å². The Morgan fingerprint density at radius 3 is 2.89 bits per heavy atom. The van der Waals surface area contributed by atoms with Gasteiger partial charge in [0.25, 0.3) is 0 Å². The monoisotopic (exact) mass is 247 g/mol. The van der Waals surface area contributed by atoms with Gasteiger partial charge < -0.3 is 5.32 Å². The first-order chi connectivity index (χ1) is 8.78. The highest BCUT2D eigenvalue weighted by Gasteiger charge is 2.15. The van der Waals surface area contributed by atoms with Gasteiger partial charge in [0.1, 0.15) is 5.82 Å². The molecule has 3 nitrogen and oxygen atoms in total. The van der Waals surface area contributed by atoms with Gasteiger partial charge in [0.05, 0.1) is 0 Å². The molecule has 1 N–H and O–H groups in total. The lowest BCUT2D eigenvalue weighted by Gasteiger charge is -2.30. The second-order valence-electron chi connectivity index (χ2n) is 5.43. The molecule has 0 radical (unpaired) electrons. The summed E-state index contributed by atoms with van der Waals surface area (Å²) in [6.07, 6.45) is 5.73. The van der Waals surface area contributed by atoms with E-state index in [2.05, 4.69) is 41.2 Å². The Hall–Kier alpha value is -1.09. The topological polar surface area (TPSA) is 28.2 Å². The first kappa shape index (κ1) is 13.3. The van der Waals surface area contributed by atoms with Crippen molar-refractivity contribution >= 4 is 5.82 Å². The van der Waals surface area contributed by atoms with Crippen LogP contribution >= 0.6 is 0 Å². The zero-order valence-corrected chi connectivity index (χ0v) is 11.7. The van der Waals surface area contributed by atoms with Gasteiger partial charge in [-0.05, 0) is 56.0 Å². The number of anilines is 1. The molecule has 0 bridgehead atoms. The van der Waals surface area contributed by atoms with E-state index in [0.29, 0.717) is 0 Å². The van der Waals surface area contributed by atoms with Crippen LogP contribution in [0.3, 0.4) is 0 Å². The Labute approximate surface area is 111 Å². The summed E-state index contributed by atoms with van der Waals surface area (Å²) in [5, 5.41) is 3.35. The lowest BCUT2D eigenvalue weighted by atomic mass is 9.99. The molecule has 0 unspecified atom stereocenters.